The molecule has 2 rings (SSSR count). The molecule has 1 saturated heterocycles. The normalized spacial score (nSPS) is 25.2. The number of rotatable bonds is 10. The van der Waals surface area contributed by atoms with E-state index in [1.165, 1.54) is 0 Å². The summed E-state index contributed by atoms with van der Waals surface area (Å²) < 4.78 is 38.4. The Balaban J connectivity index is 2.57. The lowest BCUT2D eigenvalue weighted by molar-refractivity contribution is -0.344. The lowest BCUT2D eigenvalue weighted by atomic mass is 9.86. The van der Waals surface area contributed by atoms with Crippen LogP contribution in [0.5, 0.6) is 0 Å². The van der Waals surface area contributed by atoms with Gasteiger partial charge in [-0.25, -0.2) is 0 Å². The summed E-state index contributed by atoms with van der Waals surface area (Å²) in [5.74, 6) is -3.96. The second-order valence-electron chi connectivity index (χ2n) is 8.05. The van der Waals surface area contributed by atoms with E-state index in [0.29, 0.717) is 0 Å². The van der Waals surface area contributed by atoms with Gasteiger partial charge in [0.1, 0.15) is 12.7 Å². The Morgan fingerprint density at radius 2 is 1.42 bits per heavy atom. The van der Waals surface area contributed by atoms with Crippen molar-refractivity contribution in [1.82, 2.24) is 0 Å². The van der Waals surface area contributed by atoms with Gasteiger partial charge in [-0.2, -0.15) is 0 Å². The topological polar surface area (TPSA) is 150 Å². The highest BCUT2D eigenvalue weighted by Gasteiger charge is 2.64. The highest BCUT2D eigenvalue weighted by atomic mass is 16.8. The molecule has 1 unspecified atom stereocenters. The van der Waals surface area contributed by atoms with Crippen LogP contribution in [0.3, 0.4) is 0 Å². The van der Waals surface area contributed by atoms with Crippen LogP contribution >= 0.6 is 0 Å². The Morgan fingerprint density at radius 1 is 0.806 bits per heavy atom. The fourth-order valence-corrected chi connectivity index (χ4v) is 3.70. The van der Waals surface area contributed by atoms with Gasteiger partial charge in [-0.3, -0.25) is 24.0 Å². The van der Waals surface area contributed by atoms with E-state index >= 15 is 0 Å². The zero-order valence-electron chi connectivity index (χ0n) is 20.7. The second-order valence-corrected chi connectivity index (χ2v) is 8.05. The Kier molecular flexibility index (Phi) is 10.4. The van der Waals surface area contributed by atoms with Crippen LogP contribution in [0, 0.1) is 0 Å². The van der Waals surface area contributed by atoms with E-state index in [-0.39, 0.29) is 6.61 Å². The quantitative estimate of drug-likeness (QED) is 0.329. The van der Waals surface area contributed by atoms with Crippen LogP contribution in [0.15, 0.2) is 30.3 Å². The monoisotopic (exact) mass is 510 g/mol. The standard InChI is InChI=1S/C24H30O12/c1-14(25)31-12-20-21(32-15(2)26)22(33-16(3)27)24(36-18(5)29,23(35-20)34-17(4)28)13-30-11-19-9-7-6-8-10-19/h6-10,20-23H,11-13H2,1-5H3/t20-,21-,22+,23?,24+/m1/s1. The van der Waals surface area contributed by atoms with Gasteiger partial charge in [0.05, 0.1) is 13.2 Å². The molecule has 36 heavy (non-hydrogen) atoms. The fourth-order valence-electron chi connectivity index (χ4n) is 3.70. The number of esters is 5. The Morgan fingerprint density at radius 3 is 1.94 bits per heavy atom. The first-order valence-corrected chi connectivity index (χ1v) is 11.1. The molecule has 1 fully saturated rings. The van der Waals surface area contributed by atoms with E-state index in [1.54, 1.807) is 24.3 Å². The summed E-state index contributed by atoms with van der Waals surface area (Å²) >= 11 is 0. The van der Waals surface area contributed by atoms with Crippen molar-refractivity contribution < 1.29 is 57.1 Å². The molecule has 0 aliphatic carbocycles. The molecule has 1 heterocycles. The van der Waals surface area contributed by atoms with E-state index in [1.807, 2.05) is 6.07 Å². The third kappa shape index (κ3) is 8.02. The molecule has 0 N–H and O–H groups in total. The van der Waals surface area contributed by atoms with Gasteiger partial charge in [0.25, 0.3) is 0 Å². The Bertz CT molecular complexity index is 946. The molecule has 0 spiro atoms. The summed E-state index contributed by atoms with van der Waals surface area (Å²) in [6, 6.07) is 8.99. The van der Waals surface area contributed by atoms with E-state index in [2.05, 4.69) is 0 Å². The Hall–Kier alpha value is -3.51. The lowest BCUT2D eigenvalue weighted by Crippen LogP contribution is -2.72. The first-order chi connectivity index (χ1) is 16.9. The molecule has 1 aromatic carbocycles. The fraction of sp³-hybridized carbons (Fsp3) is 0.542. The molecule has 0 saturated carbocycles. The van der Waals surface area contributed by atoms with Gasteiger partial charge < -0.3 is 33.2 Å². The molecule has 0 radical (unpaired) electrons. The van der Waals surface area contributed by atoms with Crippen LogP contribution in [-0.2, 0) is 63.7 Å². The molecule has 1 aliphatic rings. The first-order valence-electron chi connectivity index (χ1n) is 11.1. The van der Waals surface area contributed by atoms with Crippen LogP contribution < -0.4 is 0 Å². The van der Waals surface area contributed by atoms with Crippen LogP contribution in [0.2, 0.25) is 0 Å². The minimum Gasteiger partial charge on any atom is -0.463 e. The summed E-state index contributed by atoms with van der Waals surface area (Å²) in [6.45, 7) is 4.61. The van der Waals surface area contributed by atoms with Gasteiger partial charge in [0.15, 0.2) is 12.2 Å². The van der Waals surface area contributed by atoms with Crippen molar-refractivity contribution in [2.24, 2.45) is 0 Å². The molecule has 12 nitrogen and oxygen atoms in total. The molecule has 5 atom stereocenters. The molecule has 0 amide bonds. The number of hydrogen-bond acceptors (Lipinski definition) is 12. The van der Waals surface area contributed by atoms with E-state index in [4.69, 9.17) is 33.2 Å². The van der Waals surface area contributed by atoms with Gasteiger partial charge in [-0.05, 0) is 5.56 Å². The molecule has 1 aliphatic heterocycles. The minimum atomic E-state index is -2.09. The maximum atomic E-state index is 12.2. The minimum absolute atomic E-state index is 0.0402. The summed E-state index contributed by atoms with van der Waals surface area (Å²) in [7, 11) is 0. The zero-order valence-corrected chi connectivity index (χ0v) is 20.7. The largest absolute Gasteiger partial charge is 0.463 e. The second kappa shape index (κ2) is 13.0. The van der Waals surface area contributed by atoms with Crippen molar-refractivity contribution in [3.05, 3.63) is 35.9 Å². The average Bonchev–Trinajstić information content (AvgIpc) is 2.76. The maximum Gasteiger partial charge on any atom is 0.305 e. The van der Waals surface area contributed by atoms with Crippen molar-refractivity contribution in [2.45, 2.75) is 71.4 Å². The average molecular weight is 510 g/mol. The summed E-state index contributed by atoms with van der Waals surface area (Å²) in [5, 5.41) is 0. The van der Waals surface area contributed by atoms with Crippen LogP contribution in [0.4, 0.5) is 0 Å². The number of carbonyl (C=O) groups is 5. The number of ether oxygens (including phenoxy) is 7. The van der Waals surface area contributed by atoms with Gasteiger partial charge in [-0.1, -0.05) is 30.3 Å². The summed E-state index contributed by atoms with van der Waals surface area (Å²) in [4.78, 5) is 59.8. The maximum absolute atomic E-state index is 12.2. The third-order valence-electron chi connectivity index (χ3n) is 4.94. The zero-order chi connectivity index (χ0) is 26.9. The summed E-state index contributed by atoms with van der Waals surface area (Å²) in [6.07, 6.45) is -5.95. The predicted molar refractivity (Wildman–Crippen MR) is 119 cm³/mol. The van der Waals surface area contributed by atoms with Crippen LogP contribution in [0.1, 0.15) is 40.2 Å². The molecule has 0 aromatic heterocycles. The third-order valence-corrected chi connectivity index (χ3v) is 4.94. The first kappa shape index (κ1) is 28.7. The van der Waals surface area contributed by atoms with Crippen molar-refractivity contribution in [3.63, 3.8) is 0 Å². The van der Waals surface area contributed by atoms with Crippen molar-refractivity contribution in [2.75, 3.05) is 13.2 Å². The molecular weight excluding hydrogens is 480 g/mol. The molecule has 1 aromatic rings. The molecule has 0 bridgehead atoms. The molecule has 12 heteroatoms. The van der Waals surface area contributed by atoms with Crippen molar-refractivity contribution in [1.29, 1.82) is 0 Å². The number of carbonyl (C=O) groups excluding carboxylic acids is 5. The predicted octanol–water partition coefficient (Wildman–Crippen LogP) is 1.22. The highest BCUT2D eigenvalue weighted by molar-refractivity contribution is 5.70. The highest BCUT2D eigenvalue weighted by Crippen LogP contribution is 2.39. The number of hydrogen-bond donors (Lipinski definition) is 0. The van der Waals surface area contributed by atoms with E-state index in [9.17, 15) is 24.0 Å². The van der Waals surface area contributed by atoms with Gasteiger partial charge >= 0.3 is 29.8 Å². The molecule has 198 valence electrons. The van der Waals surface area contributed by atoms with E-state index in [0.717, 1.165) is 40.2 Å². The number of benzene rings is 1. The van der Waals surface area contributed by atoms with Crippen LogP contribution in [-0.4, -0.2) is 73.3 Å². The lowest BCUT2D eigenvalue weighted by Gasteiger charge is -2.50. The van der Waals surface area contributed by atoms with E-state index < -0.39 is 73.3 Å². The van der Waals surface area contributed by atoms with Crippen molar-refractivity contribution >= 4 is 29.8 Å². The van der Waals surface area contributed by atoms with Gasteiger partial charge in [0.2, 0.25) is 11.9 Å². The van der Waals surface area contributed by atoms with Crippen LogP contribution in [0.25, 0.3) is 0 Å². The van der Waals surface area contributed by atoms with Gasteiger partial charge in [0, 0.05) is 34.6 Å². The van der Waals surface area contributed by atoms with Gasteiger partial charge in [-0.15, -0.1) is 0 Å². The Labute approximate surface area is 208 Å². The SMILES string of the molecule is CC(=O)OC[C@H]1OC(OC(C)=O)[C@@](COCc2ccccc2)(OC(C)=O)[C@@H](OC(C)=O)[C@@H]1OC(C)=O. The van der Waals surface area contributed by atoms with Crippen molar-refractivity contribution in [3.8, 4) is 0 Å². The summed E-state index contributed by atoms with van der Waals surface area (Å²) in [5.41, 5.74) is -1.32. The molecular formula is C24H30O12. The smallest absolute Gasteiger partial charge is 0.305 e.